The maximum atomic E-state index is 10.7. The number of hydrogen-bond acceptors (Lipinski definition) is 4. The van der Waals surface area contributed by atoms with E-state index >= 15 is 0 Å². The van der Waals surface area contributed by atoms with Gasteiger partial charge in [0, 0.05) is 12.6 Å². The summed E-state index contributed by atoms with van der Waals surface area (Å²) in [5.41, 5.74) is 3.51. The van der Waals surface area contributed by atoms with Crippen LogP contribution in [0.3, 0.4) is 0 Å². The molecule has 0 spiro atoms. The number of rotatable bonds is 5. The molecule has 5 nitrogen and oxygen atoms in total. The van der Waals surface area contributed by atoms with E-state index in [9.17, 15) is 5.11 Å². The predicted molar refractivity (Wildman–Crippen MR) is 90.1 cm³/mol. The van der Waals surface area contributed by atoms with Crippen LogP contribution in [0.4, 0.5) is 0 Å². The molecule has 1 saturated heterocycles. The highest BCUT2D eigenvalue weighted by molar-refractivity contribution is 5.31. The first-order valence-electron chi connectivity index (χ1n) is 8.45. The minimum absolute atomic E-state index is 0.423. The van der Waals surface area contributed by atoms with Gasteiger partial charge in [0.05, 0.1) is 12.6 Å². The molecule has 1 aromatic heterocycles. The average molecular weight is 314 g/mol. The van der Waals surface area contributed by atoms with E-state index in [0.29, 0.717) is 12.6 Å². The standard InChI is InChI=1S/C18H26N4O/c1-14-6-7-16(9-15(14)2)18(23)11-21-8-4-3-5-17(21)10-22-13-19-12-20-22/h6-7,9,12-13,17-18,23H,3-5,8,10-11H2,1-2H3/t17-,18+/m1/s1. The summed E-state index contributed by atoms with van der Waals surface area (Å²) in [5.74, 6) is 0. The van der Waals surface area contributed by atoms with Crippen LogP contribution in [-0.4, -0.2) is 43.9 Å². The van der Waals surface area contributed by atoms with Gasteiger partial charge in [-0.1, -0.05) is 24.6 Å². The van der Waals surface area contributed by atoms with Crippen molar-refractivity contribution >= 4 is 0 Å². The minimum Gasteiger partial charge on any atom is -0.387 e. The third-order valence-electron chi connectivity index (χ3n) is 4.94. The molecule has 2 heterocycles. The number of benzene rings is 1. The van der Waals surface area contributed by atoms with Gasteiger partial charge in [0.1, 0.15) is 12.7 Å². The molecule has 0 aliphatic carbocycles. The molecule has 1 fully saturated rings. The molecule has 5 heteroatoms. The van der Waals surface area contributed by atoms with Crippen LogP contribution in [-0.2, 0) is 6.54 Å². The lowest BCUT2D eigenvalue weighted by Crippen LogP contribution is -2.44. The third kappa shape index (κ3) is 3.98. The normalized spacial score (nSPS) is 20.6. The van der Waals surface area contributed by atoms with Gasteiger partial charge in [-0.3, -0.25) is 9.58 Å². The number of piperidine rings is 1. The van der Waals surface area contributed by atoms with Gasteiger partial charge in [-0.05, 0) is 49.9 Å². The lowest BCUT2D eigenvalue weighted by atomic mass is 9.99. The van der Waals surface area contributed by atoms with Gasteiger partial charge in [0.25, 0.3) is 0 Å². The largest absolute Gasteiger partial charge is 0.387 e. The van der Waals surface area contributed by atoms with Crippen molar-refractivity contribution in [3.05, 3.63) is 47.5 Å². The highest BCUT2D eigenvalue weighted by Gasteiger charge is 2.25. The van der Waals surface area contributed by atoms with Crippen molar-refractivity contribution in [3.63, 3.8) is 0 Å². The van der Waals surface area contributed by atoms with Crippen LogP contribution < -0.4 is 0 Å². The summed E-state index contributed by atoms with van der Waals surface area (Å²) in [4.78, 5) is 6.43. The van der Waals surface area contributed by atoms with E-state index in [1.165, 1.54) is 24.0 Å². The van der Waals surface area contributed by atoms with Crippen LogP contribution in [0.15, 0.2) is 30.9 Å². The monoisotopic (exact) mass is 314 g/mol. The van der Waals surface area contributed by atoms with Crippen LogP contribution in [0.5, 0.6) is 0 Å². The number of β-amino-alcohol motifs (C(OH)–C–C–N with tert-alkyl or cyclic N) is 1. The zero-order chi connectivity index (χ0) is 16.2. The Morgan fingerprint density at radius 3 is 2.87 bits per heavy atom. The van der Waals surface area contributed by atoms with Crippen molar-refractivity contribution in [1.29, 1.82) is 0 Å². The Kier molecular flexibility index (Phi) is 5.08. The quantitative estimate of drug-likeness (QED) is 0.921. The Labute approximate surface area is 138 Å². The molecule has 0 amide bonds. The van der Waals surface area contributed by atoms with Crippen molar-refractivity contribution < 1.29 is 5.11 Å². The number of aliphatic hydroxyl groups excluding tert-OH is 1. The van der Waals surface area contributed by atoms with Crippen LogP contribution >= 0.6 is 0 Å². The number of hydrogen-bond donors (Lipinski definition) is 1. The Morgan fingerprint density at radius 2 is 2.13 bits per heavy atom. The highest BCUT2D eigenvalue weighted by Crippen LogP contribution is 2.23. The Balaban J connectivity index is 1.67. The molecule has 2 atom stereocenters. The number of nitrogens with zero attached hydrogens (tertiary/aromatic N) is 4. The van der Waals surface area contributed by atoms with Crippen LogP contribution in [0.25, 0.3) is 0 Å². The van der Waals surface area contributed by atoms with Crippen molar-refractivity contribution in [2.75, 3.05) is 13.1 Å². The molecular formula is C18H26N4O. The van der Waals surface area contributed by atoms with E-state index in [1.807, 2.05) is 10.7 Å². The van der Waals surface area contributed by atoms with Crippen molar-refractivity contribution in [2.24, 2.45) is 0 Å². The SMILES string of the molecule is Cc1ccc([C@@H](O)CN2CCCC[C@@H]2Cn2cncn2)cc1C. The smallest absolute Gasteiger partial charge is 0.137 e. The maximum Gasteiger partial charge on any atom is 0.137 e. The highest BCUT2D eigenvalue weighted by atomic mass is 16.3. The van der Waals surface area contributed by atoms with Crippen molar-refractivity contribution in [3.8, 4) is 0 Å². The summed E-state index contributed by atoms with van der Waals surface area (Å²) >= 11 is 0. The Hall–Kier alpha value is -1.72. The summed E-state index contributed by atoms with van der Waals surface area (Å²) in [6.07, 6.45) is 6.51. The summed E-state index contributed by atoms with van der Waals surface area (Å²) in [7, 11) is 0. The lowest BCUT2D eigenvalue weighted by molar-refractivity contribution is 0.0590. The average Bonchev–Trinajstić information content (AvgIpc) is 3.05. The first kappa shape index (κ1) is 16.1. The second kappa shape index (κ2) is 7.23. The lowest BCUT2D eigenvalue weighted by Gasteiger charge is -2.36. The van der Waals surface area contributed by atoms with Gasteiger partial charge < -0.3 is 5.11 Å². The van der Waals surface area contributed by atoms with Gasteiger partial charge in [-0.2, -0.15) is 5.10 Å². The van der Waals surface area contributed by atoms with Gasteiger partial charge in [-0.25, -0.2) is 4.98 Å². The van der Waals surface area contributed by atoms with Gasteiger partial charge in [0.2, 0.25) is 0 Å². The number of aryl methyl sites for hydroxylation is 2. The molecule has 0 bridgehead atoms. The fraction of sp³-hybridized carbons (Fsp3) is 0.556. The fourth-order valence-electron chi connectivity index (χ4n) is 3.35. The summed E-state index contributed by atoms with van der Waals surface area (Å²) < 4.78 is 1.89. The van der Waals surface area contributed by atoms with E-state index in [1.54, 1.807) is 12.7 Å². The molecule has 1 aromatic carbocycles. The Bertz CT molecular complexity index is 626. The number of likely N-dealkylation sites (tertiary alicyclic amines) is 1. The zero-order valence-corrected chi connectivity index (χ0v) is 14.0. The molecule has 124 valence electrons. The zero-order valence-electron chi connectivity index (χ0n) is 14.0. The first-order chi connectivity index (χ1) is 11.1. The topological polar surface area (TPSA) is 54.2 Å². The summed E-state index contributed by atoms with van der Waals surface area (Å²) in [5, 5.41) is 14.9. The molecule has 1 N–H and O–H groups in total. The van der Waals surface area contributed by atoms with Crippen molar-refractivity contribution in [1.82, 2.24) is 19.7 Å². The van der Waals surface area contributed by atoms with E-state index in [2.05, 4.69) is 41.0 Å². The minimum atomic E-state index is -0.439. The van der Waals surface area contributed by atoms with E-state index in [4.69, 9.17) is 0 Å². The second-order valence-electron chi connectivity index (χ2n) is 6.62. The summed E-state index contributed by atoms with van der Waals surface area (Å²) in [6, 6.07) is 6.67. The van der Waals surface area contributed by atoms with Gasteiger partial charge in [0.15, 0.2) is 0 Å². The van der Waals surface area contributed by atoms with Gasteiger partial charge >= 0.3 is 0 Å². The fourth-order valence-corrected chi connectivity index (χ4v) is 3.35. The molecule has 3 rings (SSSR count). The van der Waals surface area contributed by atoms with Crippen molar-refractivity contribution in [2.45, 2.75) is 51.8 Å². The molecule has 23 heavy (non-hydrogen) atoms. The molecule has 0 radical (unpaired) electrons. The van der Waals surface area contributed by atoms with E-state index < -0.39 is 6.10 Å². The van der Waals surface area contributed by atoms with E-state index in [0.717, 1.165) is 25.1 Å². The number of aliphatic hydroxyl groups is 1. The maximum absolute atomic E-state index is 10.7. The van der Waals surface area contributed by atoms with E-state index in [-0.39, 0.29) is 0 Å². The predicted octanol–water partition coefficient (Wildman–Crippen LogP) is 2.48. The number of aromatic nitrogens is 3. The van der Waals surface area contributed by atoms with Crippen LogP contribution in [0, 0.1) is 13.8 Å². The Morgan fingerprint density at radius 1 is 1.26 bits per heavy atom. The third-order valence-corrected chi connectivity index (χ3v) is 4.94. The van der Waals surface area contributed by atoms with Gasteiger partial charge in [-0.15, -0.1) is 0 Å². The molecule has 2 aromatic rings. The molecular weight excluding hydrogens is 288 g/mol. The molecule has 1 aliphatic rings. The molecule has 0 unspecified atom stereocenters. The van der Waals surface area contributed by atoms with Crippen LogP contribution in [0.2, 0.25) is 0 Å². The van der Waals surface area contributed by atoms with Crippen LogP contribution in [0.1, 0.15) is 42.1 Å². The second-order valence-corrected chi connectivity index (χ2v) is 6.62. The summed E-state index contributed by atoms with van der Waals surface area (Å²) in [6.45, 7) is 6.77. The first-order valence-corrected chi connectivity index (χ1v) is 8.45. The molecule has 1 aliphatic heterocycles. The molecule has 0 saturated carbocycles.